The van der Waals surface area contributed by atoms with Crippen LogP contribution in [0.3, 0.4) is 0 Å². The second-order valence-corrected chi connectivity index (χ2v) is 7.25. The van der Waals surface area contributed by atoms with Crippen molar-refractivity contribution >= 4 is 29.5 Å². The van der Waals surface area contributed by atoms with Gasteiger partial charge in [-0.15, -0.1) is 0 Å². The first kappa shape index (κ1) is 19.7. The van der Waals surface area contributed by atoms with Gasteiger partial charge in [-0.05, 0) is 50.5 Å². The normalized spacial score (nSPS) is 17.8. The quantitative estimate of drug-likeness (QED) is 0.591. The number of urea groups is 1. The predicted octanol–water partition coefficient (Wildman–Crippen LogP) is 0.848. The van der Waals surface area contributed by atoms with E-state index < -0.39 is 36.6 Å². The smallest absolute Gasteiger partial charge is 0.326 e. The second-order valence-electron chi connectivity index (χ2n) is 7.25. The molecule has 0 radical (unpaired) electrons. The van der Waals surface area contributed by atoms with Crippen LogP contribution in [0.25, 0.3) is 0 Å². The standard InChI is InChI=1S/C19H23N3O6/c1-19(2)17(25)22(18(26)20-19)10-16(24)28-11-15(23)21-8-4-5-12-9-13(27-3)6-7-14(12)21/h6-7,9H,4-5,8,10-11H2,1-3H3,(H,20,26). The highest BCUT2D eigenvalue weighted by atomic mass is 16.5. The Kier molecular flexibility index (Phi) is 5.26. The maximum absolute atomic E-state index is 12.5. The summed E-state index contributed by atoms with van der Waals surface area (Å²) in [4.78, 5) is 50.8. The Hall–Kier alpha value is -3.10. The molecule has 2 heterocycles. The Morgan fingerprint density at radius 2 is 2.00 bits per heavy atom. The number of esters is 1. The van der Waals surface area contributed by atoms with Crippen LogP contribution < -0.4 is 15.0 Å². The number of ether oxygens (including phenoxy) is 2. The number of aryl methyl sites for hydroxylation is 1. The molecule has 1 aromatic carbocycles. The van der Waals surface area contributed by atoms with E-state index in [-0.39, 0.29) is 5.91 Å². The Morgan fingerprint density at radius 1 is 1.25 bits per heavy atom. The first-order valence-corrected chi connectivity index (χ1v) is 9.00. The number of hydrogen-bond acceptors (Lipinski definition) is 6. The molecule has 9 nitrogen and oxygen atoms in total. The number of nitrogens with one attached hydrogen (secondary N) is 1. The summed E-state index contributed by atoms with van der Waals surface area (Å²) >= 11 is 0. The van der Waals surface area contributed by atoms with E-state index >= 15 is 0 Å². The lowest BCUT2D eigenvalue weighted by atomic mass is 10.0. The van der Waals surface area contributed by atoms with Crippen LogP contribution in [0, 0.1) is 0 Å². The molecule has 4 amide bonds. The number of benzene rings is 1. The predicted molar refractivity (Wildman–Crippen MR) is 99.0 cm³/mol. The summed E-state index contributed by atoms with van der Waals surface area (Å²) < 4.78 is 10.2. The van der Waals surface area contributed by atoms with Crippen molar-refractivity contribution in [2.24, 2.45) is 0 Å². The molecule has 0 bridgehead atoms. The molecule has 0 unspecified atom stereocenters. The van der Waals surface area contributed by atoms with Crippen molar-refractivity contribution in [1.82, 2.24) is 10.2 Å². The highest BCUT2D eigenvalue weighted by Crippen LogP contribution is 2.30. The van der Waals surface area contributed by atoms with Gasteiger partial charge in [0.25, 0.3) is 11.8 Å². The molecule has 2 aliphatic rings. The summed E-state index contributed by atoms with van der Waals surface area (Å²) in [6.07, 6.45) is 1.62. The van der Waals surface area contributed by atoms with Crippen LogP contribution in [0.2, 0.25) is 0 Å². The van der Waals surface area contributed by atoms with Gasteiger partial charge in [-0.25, -0.2) is 4.79 Å². The van der Waals surface area contributed by atoms with Crippen molar-refractivity contribution in [2.45, 2.75) is 32.2 Å². The lowest BCUT2D eigenvalue weighted by molar-refractivity contribution is -0.150. The van der Waals surface area contributed by atoms with E-state index in [1.54, 1.807) is 31.9 Å². The van der Waals surface area contributed by atoms with Crippen LogP contribution in [-0.2, 0) is 25.5 Å². The van der Waals surface area contributed by atoms with Gasteiger partial charge in [-0.1, -0.05) is 0 Å². The van der Waals surface area contributed by atoms with Gasteiger partial charge in [-0.3, -0.25) is 19.3 Å². The van der Waals surface area contributed by atoms with E-state index in [0.717, 1.165) is 34.7 Å². The van der Waals surface area contributed by atoms with Gasteiger partial charge in [-0.2, -0.15) is 0 Å². The molecule has 0 saturated carbocycles. The SMILES string of the molecule is COc1ccc2c(c1)CCCN2C(=O)COC(=O)CN1C(=O)NC(C)(C)C1=O. The molecule has 0 aliphatic carbocycles. The van der Waals surface area contributed by atoms with Gasteiger partial charge in [0.2, 0.25) is 0 Å². The Bertz CT molecular complexity index is 835. The summed E-state index contributed by atoms with van der Waals surface area (Å²) in [5, 5.41) is 2.48. The van der Waals surface area contributed by atoms with Crippen molar-refractivity contribution in [3.63, 3.8) is 0 Å². The fourth-order valence-electron chi connectivity index (χ4n) is 3.32. The van der Waals surface area contributed by atoms with E-state index in [1.807, 2.05) is 12.1 Å². The van der Waals surface area contributed by atoms with Gasteiger partial charge in [0.05, 0.1) is 7.11 Å². The number of methoxy groups -OCH3 is 1. The molecule has 3 rings (SSSR count). The van der Waals surface area contributed by atoms with Crippen LogP contribution >= 0.6 is 0 Å². The fraction of sp³-hybridized carbons (Fsp3) is 0.474. The Balaban J connectivity index is 1.59. The van der Waals surface area contributed by atoms with Gasteiger partial charge >= 0.3 is 12.0 Å². The third-order valence-electron chi connectivity index (χ3n) is 4.79. The van der Waals surface area contributed by atoms with Crippen molar-refractivity contribution < 1.29 is 28.7 Å². The molecule has 9 heteroatoms. The van der Waals surface area contributed by atoms with Gasteiger partial charge in [0, 0.05) is 12.2 Å². The van der Waals surface area contributed by atoms with Crippen molar-refractivity contribution in [3.05, 3.63) is 23.8 Å². The molecular weight excluding hydrogens is 366 g/mol. The minimum absolute atomic E-state index is 0.364. The number of nitrogens with zero attached hydrogens (tertiary/aromatic N) is 2. The average Bonchev–Trinajstić information content (AvgIpc) is 2.86. The zero-order valence-electron chi connectivity index (χ0n) is 16.1. The molecule has 2 aliphatic heterocycles. The van der Waals surface area contributed by atoms with E-state index in [0.29, 0.717) is 6.54 Å². The Labute approximate surface area is 162 Å². The Morgan fingerprint density at radius 3 is 2.64 bits per heavy atom. The molecule has 1 fully saturated rings. The third-order valence-corrected chi connectivity index (χ3v) is 4.79. The fourth-order valence-corrected chi connectivity index (χ4v) is 3.32. The lowest BCUT2D eigenvalue weighted by Crippen LogP contribution is -2.42. The summed E-state index contributed by atoms with van der Waals surface area (Å²) in [6.45, 7) is 2.62. The number of hydrogen-bond donors (Lipinski definition) is 1. The number of anilines is 1. The minimum atomic E-state index is -1.06. The number of carbonyl (C=O) groups is 4. The first-order chi connectivity index (χ1) is 13.2. The highest BCUT2D eigenvalue weighted by Gasteiger charge is 2.45. The molecule has 0 spiro atoms. The van der Waals surface area contributed by atoms with E-state index in [2.05, 4.69) is 5.32 Å². The van der Waals surface area contributed by atoms with Crippen LogP contribution in [-0.4, -0.2) is 61.1 Å². The average molecular weight is 389 g/mol. The monoisotopic (exact) mass is 389 g/mol. The molecule has 28 heavy (non-hydrogen) atoms. The number of fused-ring (bicyclic) bond motifs is 1. The largest absolute Gasteiger partial charge is 0.497 e. The van der Waals surface area contributed by atoms with Crippen LogP contribution in [0.4, 0.5) is 10.5 Å². The lowest BCUT2D eigenvalue weighted by Gasteiger charge is -2.29. The summed E-state index contributed by atoms with van der Waals surface area (Å²) in [7, 11) is 1.58. The molecule has 1 N–H and O–H groups in total. The minimum Gasteiger partial charge on any atom is -0.497 e. The zero-order valence-corrected chi connectivity index (χ0v) is 16.1. The maximum Gasteiger partial charge on any atom is 0.326 e. The van der Waals surface area contributed by atoms with E-state index in [9.17, 15) is 19.2 Å². The van der Waals surface area contributed by atoms with Crippen molar-refractivity contribution in [3.8, 4) is 5.75 Å². The molecule has 1 aromatic rings. The van der Waals surface area contributed by atoms with Crippen LogP contribution in [0.1, 0.15) is 25.8 Å². The molecule has 1 saturated heterocycles. The summed E-state index contributed by atoms with van der Waals surface area (Å²) in [5.41, 5.74) is 0.696. The molecular formula is C19H23N3O6. The maximum atomic E-state index is 12.5. The first-order valence-electron chi connectivity index (χ1n) is 9.00. The van der Waals surface area contributed by atoms with Crippen LogP contribution in [0.5, 0.6) is 5.75 Å². The van der Waals surface area contributed by atoms with E-state index in [1.165, 1.54) is 0 Å². The third kappa shape index (κ3) is 3.78. The topological polar surface area (TPSA) is 105 Å². The summed E-state index contributed by atoms with van der Waals surface area (Å²) in [5.74, 6) is -0.978. The van der Waals surface area contributed by atoms with Gasteiger partial charge in [0.15, 0.2) is 6.61 Å². The van der Waals surface area contributed by atoms with Crippen molar-refractivity contribution in [2.75, 3.05) is 31.7 Å². The number of rotatable bonds is 5. The van der Waals surface area contributed by atoms with Gasteiger partial charge < -0.3 is 19.7 Å². The number of amides is 4. The molecule has 0 aromatic heterocycles. The highest BCUT2D eigenvalue weighted by molar-refractivity contribution is 6.08. The molecule has 0 atom stereocenters. The number of carbonyl (C=O) groups excluding carboxylic acids is 4. The van der Waals surface area contributed by atoms with E-state index in [4.69, 9.17) is 9.47 Å². The second kappa shape index (κ2) is 7.49. The zero-order chi connectivity index (χ0) is 20.5. The van der Waals surface area contributed by atoms with Crippen LogP contribution in [0.15, 0.2) is 18.2 Å². The molecule has 150 valence electrons. The number of imide groups is 1. The summed E-state index contributed by atoms with van der Waals surface area (Å²) in [6, 6.07) is 4.82. The van der Waals surface area contributed by atoms with Crippen molar-refractivity contribution in [1.29, 1.82) is 0 Å². The van der Waals surface area contributed by atoms with Gasteiger partial charge in [0.1, 0.15) is 17.8 Å².